The quantitative estimate of drug-likeness (QED) is 0.766. The van der Waals surface area contributed by atoms with Crippen molar-refractivity contribution in [3.63, 3.8) is 0 Å². The van der Waals surface area contributed by atoms with E-state index in [1.54, 1.807) is 0 Å². The number of hydrogen-bond acceptors (Lipinski definition) is 3. The lowest BCUT2D eigenvalue weighted by Crippen LogP contribution is -2.39. The van der Waals surface area contributed by atoms with Gasteiger partial charge in [0.25, 0.3) is 0 Å². The molecule has 0 radical (unpaired) electrons. The summed E-state index contributed by atoms with van der Waals surface area (Å²) in [5, 5.41) is 3.36. The fourth-order valence-electron chi connectivity index (χ4n) is 2.07. The Morgan fingerprint density at radius 1 is 1.32 bits per heavy atom. The number of rotatable bonds is 7. The van der Waals surface area contributed by atoms with Crippen LogP contribution in [0.15, 0.2) is 24.3 Å². The third-order valence-corrected chi connectivity index (χ3v) is 3.36. The first-order valence-corrected chi connectivity index (χ1v) is 6.99. The number of nitrogens with one attached hydrogen (secondary N) is 1. The molecule has 0 aromatic heterocycles. The number of ether oxygens (including phenoxy) is 1. The predicted octanol–water partition coefficient (Wildman–Crippen LogP) is 3.38. The fourth-order valence-corrected chi connectivity index (χ4v) is 2.07. The molecule has 0 aliphatic carbocycles. The molecule has 0 aliphatic heterocycles. The molecule has 0 saturated carbocycles. The lowest BCUT2D eigenvalue weighted by atomic mass is 10.0. The molecule has 0 saturated heterocycles. The van der Waals surface area contributed by atoms with E-state index < -0.39 is 0 Å². The SMILES string of the molecule is CCCCC(N[C@H](C)c1ccc(C)cc1)C(=O)OC. The van der Waals surface area contributed by atoms with Crippen LogP contribution in [0.5, 0.6) is 0 Å². The highest BCUT2D eigenvalue weighted by Crippen LogP contribution is 2.15. The van der Waals surface area contributed by atoms with Crippen LogP contribution in [0.4, 0.5) is 0 Å². The van der Waals surface area contributed by atoms with E-state index in [1.165, 1.54) is 18.2 Å². The van der Waals surface area contributed by atoms with Gasteiger partial charge in [0.1, 0.15) is 6.04 Å². The number of aryl methyl sites for hydroxylation is 1. The number of unbranched alkanes of at least 4 members (excludes halogenated alkanes) is 1. The Morgan fingerprint density at radius 3 is 2.47 bits per heavy atom. The van der Waals surface area contributed by atoms with Gasteiger partial charge in [-0.25, -0.2) is 0 Å². The van der Waals surface area contributed by atoms with E-state index >= 15 is 0 Å². The van der Waals surface area contributed by atoms with Crippen LogP contribution in [-0.4, -0.2) is 19.1 Å². The minimum absolute atomic E-state index is 0.140. The number of methoxy groups -OCH3 is 1. The largest absolute Gasteiger partial charge is 0.468 e. The molecule has 1 unspecified atom stereocenters. The van der Waals surface area contributed by atoms with Crippen LogP contribution in [0, 0.1) is 6.92 Å². The smallest absolute Gasteiger partial charge is 0.322 e. The van der Waals surface area contributed by atoms with Gasteiger partial charge < -0.3 is 4.74 Å². The van der Waals surface area contributed by atoms with Crippen molar-refractivity contribution in [2.45, 2.75) is 52.1 Å². The van der Waals surface area contributed by atoms with Gasteiger partial charge in [0, 0.05) is 6.04 Å². The zero-order chi connectivity index (χ0) is 14.3. The molecule has 1 aromatic rings. The van der Waals surface area contributed by atoms with Gasteiger partial charge >= 0.3 is 5.97 Å². The van der Waals surface area contributed by atoms with Gasteiger partial charge in [-0.2, -0.15) is 0 Å². The van der Waals surface area contributed by atoms with Crippen molar-refractivity contribution in [3.8, 4) is 0 Å². The molecule has 3 nitrogen and oxygen atoms in total. The minimum atomic E-state index is -0.221. The van der Waals surface area contributed by atoms with Crippen LogP contribution in [-0.2, 0) is 9.53 Å². The highest BCUT2D eigenvalue weighted by molar-refractivity contribution is 5.75. The summed E-state index contributed by atoms with van der Waals surface area (Å²) in [6.45, 7) is 6.27. The van der Waals surface area contributed by atoms with E-state index in [0.717, 1.165) is 19.3 Å². The number of hydrogen-bond donors (Lipinski definition) is 1. The van der Waals surface area contributed by atoms with Crippen molar-refractivity contribution in [3.05, 3.63) is 35.4 Å². The summed E-state index contributed by atoms with van der Waals surface area (Å²) in [4.78, 5) is 11.8. The van der Waals surface area contributed by atoms with E-state index in [1.807, 2.05) is 0 Å². The van der Waals surface area contributed by atoms with Crippen molar-refractivity contribution in [2.75, 3.05) is 7.11 Å². The molecule has 1 rings (SSSR count). The van der Waals surface area contributed by atoms with Crippen molar-refractivity contribution in [1.82, 2.24) is 5.32 Å². The van der Waals surface area contributed by atoms with Crippen molar-refractivity contribution >= 4 is 5.97 Å². The Balaban J connectivity index is 2.66. The van der Waals surface area contributed by atoms with Gasteiger partial charge in [-0.3, -0.25) is 10.1 Å². The van der Waals surface area contributed by atoms with Crippen molar-refractivity contribution < 1.29 is 9.53 Å². The van der Waals surface area contributed by atoms with E-state index in [0.29, 0.717) is 0 Å². The van der Waals surface area contributed by atoms with Gasteiger partial charge in [-0.05, 0) is 25.8 Å². The summed E-state index contributed by atoms with van der Waals surface area (Å²) < 4.78 is 4.86. The molecular formula is C16H25NO2. The van der Waals surface area contributed by atoms with Crippen LogP contribution in [0.1, 0.15) is 50.3 Å². The first kappa shape index (κ1) is 15.7. The topological polar surface area (TPSA) is 38.3 Å². The van der Waals surface area contributed by atoms with E-state index in [9.17, 15) is 4.79 Å². The summed E-state index contributed by atoms with van der Waals surface area (Å²) in [5.41, 5.74) is 2.43. The highest BCUT2D eigenvalue weighted by atomic mass is 16.5. The Kier molecular flexibility index (Phi) is 6.57. The third kappa shape index (κ3) is 5.03. The highest BCUT2D eigenvalue weighted by Gasteiger charge is 2.20. The Bertz CT molecular complexity index is 386. The molecule has 2 atom stereocenters. The van der Waals surface area contributed by atoms with Crippen LogP contribution in [0.25, 0.3) is 0 Å². The van der Waals surface area contributed by atoms with Crippen LogP contribution < -0.4 is 5.32 Å². The maximum absolute atomic E-state index is 11.8. The van der Waals surface area contributed by atoms with Gasteiger partial charge in [0.05, 0.1) is 7.11 Å². The summed E-state index contributed by atoms with van der Waals surface area (Å²) in [6, 6.07) is 8.30. The van der Waals surface area contributed by atoms with Crippen LogP contribution in [0.2, 0.25) is 0 Å². The number of esters is 1. The first-order chi connectivity index (χ1) is 9.08. The second kappa shape index (κ2) is 7.95. The zero-order valence-corrected chi connectivity index (χ0v) is 12.4. The van der Waals surface area contributed by atoms with Crippen molar-refractivity contribution in [2.24, 2.45) is 0 Å². The van der Waals surface area contributed by atoms with E-state index in [-0.39, 0.29) is 18.1 Å². The van der Waals surface area contributed by atoms with Crippen molar-refractivity contribution in [1.29, 1.82) is 0 Å². The molecular weight excluding hydrogens is 238 g/mol. The molecule has 106 valence electrons. The maximum Gasteiger partial charge on any atom is 0.322 e. The molecule has 0 aliphatic rings. The summed E-state index contributed by atoms with van der Waals surface area (Å²) in [7, 11) is 1.44. The number of carbonyl (C=O) groups is 1. The normalized spacial score (nSPS) is 13.9. The monoisotopic (exact) mass is 263 g/mol. The summed E-state index contributed by atoms with van der Waals surface area (Å²) in [5.74, 6) is -0.174. The molecule has 0 spiro atoms. The molecule has 0 heterocycles. The summed E-state index contributed by atoms with van der Waals surface area (Å²) >= 11 is 0. The lowest BCUT2D eigenvalue weighted by Gasteiger charge is -2.21. The molecule has 1 aromatic carbocycles. The standard InChI is InChI=1S/C16H25NO2/c1-5-6-7-15(16(18)19-4)17-13(3)14-10-8-12(2)9-11-14/h8-11,13,15,17H,5-7H2,1-4H3/t13-,15?/m1/s1. The number of carbonyl (C=O) groups excluding carboxylic acids is 1. The first-order valence-electron chi connectivity index (χ1n) is 6.99. The van der Waals surface area contributed by atoms with E-state index in [2.05, 4.69) is 50.4 Å². The Labute approximate surface area is 116 Å². The van der Waals surface area contributed by atoms with Crippen LogP contribution in [0.3, 0.4) is 0 Å². The molecule has 0 fully saturated rings. The van der Waals surface area contributed by atoms with E-state index in [4.69, 9.17) is 4.74 Å². The van der Waals surface area contributed by atoms with Gasteiger partial charge in [-0.15, -0.1) is 0 Å². The average Bonchev–Trinajstić information content (AvgIpc) is 2.43. The van der Waals surface area contributed by atoms with Gasteiger partial charge in [-0.1, -0.05) is 49.6 Å². The van der Waals surface area contributed by atoms with Gasteiger partial charge in [0.2, 0.25) is 0 Å². The summed E-state index contributed by atoms with van der Waals surface area (Å²) in [6.07, 6.45) is 2.92. The van der Waals surface area contributed by atoms with Gasteiger partial charge in [0.15, 0.2) is 0 Å². The zero-order valence-electron chi connectivity index (χ0n) is 12.4. The molecule has 0 amide bonds. The minimum Gasteiger partial charge on any atom is -0.468 e. The lowest BCUT2D eigenvalue weighted by molar-refractivity contribution is -0.143. The maximum atomic E-state index is 11.8. The molecule has 0 bridgehead atoms. The Morgan fingerprint density at radius 2 is 1.95 bits per heavy atom. The second-order valence-corrected chi connectivity index (χ2v) is 5.02. The Hall–Kier alpha value is -1.35. The fraction of sp³-hybridized carbons (Fsp3) is 0.562. The predicted molar refractivity (Wildman–Crippen MR) is 78.1 cm³/mol. The third-order valence-electron chi connectivity index (χ3n) is 3.36. The molecule has 3 heteroatoms. The molecule has 19 heavy (non-hydrogen) atoms. The van der Waals surface area contributed by atoms with Crippen LogP contribution >= 0.6 is 0 Å². The molecule has 1 N–H and O–H groups in total. The average molecular weight is 263 g/mol. The second-order valence-electron chi connectivity index (χ2n) is 5.02. The number of benzene rings is 1.